The van der Waals surface area contributed by atoms with Gasteiger partial charge in [-0.15, -0.1) is 0 Å². The van der Waals surface area contributed by atoms with E-state index in [0.29, 0.717) is 12.1 Å². The smallest absolute Gasteiger partial charge is 0.248 e. The molecule has 0 atom stereocenters. The van der Waals surface area contributed by atoms with Crippen LogP contribution >= 0.6 is 0 Å². The summed E-state index contributed by atoms with van der Waals surface area (Å²) >= 11 is 0. The SMILES string of the molecule is Cc1cn(Cc2ccc(C(N)=O)cc2F)c(C)c1C. The van der Waals surface area contributed by atoms with Crippen LogP contribution in [0.25, 0.3) is 0 Å². The maximum Gasteiger partial charge on any atom is 0.248 e. The molecular weight excluding hydrogens is 243 g/mol. The number of aromatic nitrogens is 1. The first-order valence-electron chi connectivity index (χ1n) is 6.11. The van der Waals surface area contributed by atoms with E-state index in [1.54, 1.807) is 12.1 Å². The van der Waals surface area contributed by atoms with Gasteiger partial charge in [0.15, 0.2) is 0 Å². The van der Waals surface area contributed by atoms with Gasteiger partial charge < -0.3 is 10.3 Å². The minimum Gasteiger partial charge on any atom is -0.366 e. The van der Waals surface area contributed by atoms with Crippen LogP contribution in [0.4, 0.5) is 4.39 Å². The van der Waals surface area contributed by atoms with Gasteiger partial charge in [0.1, 0.15) is 5.82 Å². The monoisotopic (exact) mass is 260 g/mol. The van der Waals surface area contributed by atoms with Crippen molar-refractivity contribution in [2.24, 2.45) is 5.73 Å². The van der Waals surface area contributed by atoms with E-state index in [-0.39, 0.29) is 5.56 Å². The van der Waals surface area contributed by atoms with Crippen molar-refractivity contribution in [2.45, 2.75) is 27.3 Å². The topological polar surface area (TPSA) is 48.0 Å². The molecular formula is C15H17FN2O. The van der Waals surface area contributed by atoms with Gasteiger partial charge in [-0.25, -0.2) is 4.39 Å². The third-order valence-electron chi connectivity index (χ3n) is 3.59. The molecule has 0 aliphatic carbocycles. The van der Waals surface area contributed by atoms with Crippen molar-refractivity contribution < 1.29 is 9.18 Å². The average molecular weight is 260 g/mol. The fraction of sp³-hybridized carbons (Fsp3) is 0.267. The molecule has 2 aromatic rings. The number of halogens is 1. The summed E-state index contributed by atoms with van der Waals surface area (Å²) in [6, 6.07) is 4.36. The van der Waals surface area contributed by atoms with Crippen LogP contribution in [0.15, 0.2) is 24.4 Å². The van der Waals surface area contributed by atoms with Gasteiger partial charge >= 0.3 is 0 Å². The Hall–Kier alpha value is -2.10. The van der Waals surface area contributed by atoms with Gasteiger partial charge in [-0.05, 0) is 44.0 Å². The number of nitrogens with zero attached hydrogens (tertiary/aromatic N) is 1. The Labute approximate surface area is 111 Å². The van der Waals surface area contributed by atoms with E-state index in [1.165, 1.54) is 17.2 Å². The van der Waals surface area contributed by atoms with Crippen LogP contribution in [0.1, 0.15) is 32.7 Å². The summed E-state index contributed by atoms with van der Waals surface area (Å²) in [5.41, 5.74) is 9.38. The number of benzene rings is 1. The molecule has 1 heterocycles. The summed E-state index contributed by atoms with van der Waals surface area (Å²) in [6.45, 7) is 6.54. The third kappa shape index (κ3) is 2.52. The molecule has 2 N–H and O–H groups in total. The van der Waals surface area contributed by atoms with Gasteiger partial charge in [-0.3, -0.25) is 4.79 Å². The number of hydrogen-bond acceptors (Lipinski definition) is 1. The van der Waals surface area contributed by atoms with Crippen molar-refractivity contribution in [3.8, 4) is 0 Å². The van der Waals surface area contributed by atoms with Gasteiger partial charge in [0.2, 0.25) is 5.91 Å². The number of rotatable bonds is 3. The number of primary amides is 1. The molecule has 0 bridgehead atoms. The lowest BCUT2D eigenvalue weighted by atomic mass is 10.1. The average Bonchev–Trinajstić information content (AvgIpc) is 2.59. The first kappa shape index (κ1) is 13.3. The molecule has 19 heavy (non-hydrogen) atoms. The molecule has 0 aliphatic rings. The van der Waals surface area contributed by atoms with Crippen LogP contribution in [0.2, 0.25) is 0 Å². The highest BCUT2D eigenvalue weighted by atomic mass is 19.1. The van der Waals surface area contributed by atoms with E-state index < -0.39 is 11.7 Å². The Balaban J connectivity index is 2.33. The van der Waals surface area contributed by atoms with Crippen LogP contribution in [-0.4, -0.2) is 10.5 Å². The van der Waals surface area contributed by atoms with Crippen molar-refractivity contribution in [1.29, 1.82) is 0 Å². The van der Waals surface area contributed by atoms with E-state index in [0.717, 1.165) is 5.69 Å². The predicted molar refractivity (Wildman–Crippen MR) is 72.7 cm³/mol. The van der Waals surface area contributed by atoms with Crippen molar-refractivity contribution in [1.82, 2.24) is 4.57 Å². The molecule has 1 amide bonds. The van der Waals surface area contributed by atoms with Gasteiger partial charge in [0.25, 0.3) is 0 Å². The molecule has 0 radical (unpaired) electrons. The van der Waals surface area contributed by atoms with E-state index >= 15 is 0 Å². The summed E-state index contributed by atoms with van der Waals surface area (Å²) in [5, 5.41) is 0. The number of nitrogens with two attached hydrogens (primary N) is 1. The fourth-order valence-corrected chi connectivity index (χ4v) is 2.10. The summed E-state index contributed by atoms with van der Waals surface area (Å²) in [5.74, 6) is -1.02. The van der Waals surface area contributed by atoms with E-state index in [4.69, 9.17) is 5.73 Å². The molecule has 4 heteroatoms. The summed E-state index contributed by atoms with van der Waals surface area (Å²) in [6.07, 6.45) is 2.01. The Morgan fingerprint density at radius 1 is 1.32 bits per heavy atom. The van der Waals surface area contributed by atoms with Gasteiger partial charge in [-0.2, -0.15) is 0 Å². The highest BCUT2D eigenvalue weighted by Gasteiger charge is 2.10. The van der Waals surface area contributed by atoms with Gasteiger partial charge in [-0.1, -0.05) is 6.07 Å². The molecule has 1 aromatic carbocycles. The number of carbonyl (C=O) groups is 1. The van der Waals surface area contributed by atoms with Crippen molar-refractivity contribution >= 4 is 5.91 Å². The Morgan fingerprint density at radius 3 is 2.47 bits per heavy atom. The van der Waals surface area contributed by atoms with E-state index in [1.807, 2.05) is 31.5 Å². The largest absolute Gasteiger partial charge is 0.366 e. The second kappa shape index (κ2) is 4.88. The quantitative estimate of drug-likeness (QED) is 0.906. The second-order valence-corrected chi connectivity index (χ2v) is 4.82. The summed E-state index contributed by atoms with van der Waals surface area (Å²) in [4.78, 5) is 11.0. The molecule has 2 rings (SSSR count). The zero-order valence-corrected chi connectivity index (χ0v) is 11.3. The van der Waals surface area contributed by atoms with Crippen molar-refractivity contribution in [3.63, 3.8) is 0 Å². The number of aryl methyl sites for hydroxylation is 1. The maximum absolute atomic E-state index is 13.9. The third-order valence-corrected chi connectivity index (χ3v) is 3.59. The van der Waals surface area contributed by atoms with E-state index in [9.17, 15) is 9.18 Å². The molecule has 0 spiro atoms. The van der Waals surface area contributed by atoms with Crippen LogP contribution in [0.5, 0.6) is 0 Å². The molecule has 0 unspecified atom stereocenters. The minimum atomic E-state index is -0.616. The molecule has 0 aliphatic heterocycles. The zero-order valence-electron chi connectivity index (χ0n) is 11.3. The second-order valence-electron chi connectivity index (χ2n) is 4.82. The van der Waals surface area contributed by atoms with Crippen LogP contribution in [0, 0.1) is 26.6 Å². The van der Waals surface area contributed by atoms with Crippen LogP contribution in [0.3, 0.4) is 0 Å². The number of hydrogen-bond donors (Lipinski definition) is 1. The first-order valence-corrected chi connectivity index (χ1v) is 6.11. The lowest BCUT2D eigenvalue weighted by molar-refractivity contribution is 0.1000. The normalized spacial score (nSPS) is 10.7. The predicted octanol–water partition coefficient (Wildman–Crippen LogP) is 2.70. The Kier molecular flexibility index (Phi) is 3.42. The van der Waals surface area contributed by atoms with Gasteiger partial charge in [0.05, 0.1) is 6.54 Å². The van der Waals surface area contributed by atoms with E-state index in [2.05, 4.69) is 0 Å². The lowest BCUT2D eigenvalue weighted by Crippen LogP contribution is -2.12. The first-order chi connectivity index (χ1) is 8.90. The standard InChI is InChI=1S/C15H17FN2O/c1-9-7-18(11(3)10(9)2)8-13-5-4-12(15(17)19)6-14(13)16/h4-7H,8H2,1-3H3,(H2,17,19). The van der Waals surface area contributed by atoms with Crippen LogP contribution < -0.4 is 5.73 Å². The molecule has 1 aromatic heterocycles. The minimum absolute atomic E-state index is 0.192. The Bertz CT molecular complexity index is 644. The zero-order chi connectivity index (χ0) is 14.2. The van der Waals surface area contributed by atoms with Crippen molar-refractivity contribution in [3.05, 3.63) is 58.2 Å². The number of amides is 1. The van der Waals surface area contributed by atoms with Crippen molar-refractivity contribution in [2.75, 3.05) is 0 Å². The molecule has 0 saturated carbocycles. The Morgan fingerprint density at radius 2 is 2.00 bits per heavy atom. The molecule has 0 fully saturated rings. The lowest BCUT2D eigenvalue weighted by Gasteiger charge is -2.08. The summed E-state index contributed by atoms with van der Waals surface area (Å²) < 4.78 is 15.9. The fourth-order valence-electron chi connectivity index (χ4n) is 2.10. The molecule has 100 valence electrons. The van der Waals surface area contributed by atoms with Crippen LogP contribution in [-0.2, 0) is 6.54 Å². The number of carbonyl (C=O) groups excluding carboxylic acids is 1. The summed E-state index contributed by atoms with van der Waals surface area (Å²) in [7, 11) is 0. The highest BCUT2D eigenvalue weighted by molar-refractivity contribution is 5.92. The maximum atomic E-state index is 13.9. The van der Waals surface area contributed by atoms with Gasteiger partial charge in [0, 0.05) is 23.0 Å². The molecule has 0 saturated heterocycles. The highest BCUT2D eigenvalue weighted by Crippen LogP contribution is 2.18. The molecule has 3 nitrogen and oxygen atoms in total.